The van der Waals surface area contributed by atoms with Crippen molar-refractivity contribution in [2.75, 3.05) is 13.1 Å². The van der Waals surface area contributed by atoms with Crippen molar-refractivity contribution in [3.63, 3.8) is 0 Å². The summed E-state index contributed by atoms with van der Waals surface area (Å²) >= 11 is 6.42. The van der Waals surface area contributed by atoms with Crippen molar-refractivity contribution in [3.05, 3.63) is 58.8 Å². The number of halogens is 2. The molecule has 1 aliphatic heterocycles. The van der Waals surface area contributed by atoms with Crippen LogP contribution in [-0.4, -0.2) is 33.6 Å². The summed E-state index contributed by atoms with van der Waals surface area (Å²) in [5, 5.41) is 14.1. The van der Waals surface area contributed by atoms with Gasteiger partial charge in [0.15, 0.2) is 12.4 Å². The van der Waals surface area contributed by atoms with Crippen molar-refractivity contribution < 1.29 is 8.96 Å². The number of piperidine rings is 1. The van der Waals surface area contributed by atoms with Crippen molar-refractivity contribution in [2.45, 2.75) is 25.8 Å². The van der Waals surface area contributed by atoms with Gasteiger partial charge < -0.3 is 4.90 Å². The van der Waals surface area contributed by atoms with Crippen molar-refractivity contribution in [2.24, 2.45) is 7.05 Å². The summed E-state index contributed by atoms with van der Waals surface area (Å²) in [5.74, 6) is -0.0539. The smallest absolute Gasteiger partial charge is 0.194 e. The number of likely N-dealkylation sites (tertiary alicyclic amines) is 1. The van der Waals surface area contributed by atoms with E-state index >= 15 is 0 Å². The van der Waals surface area contributed by atoms with E-state index in [0.717, 1.165) is 36.8 Å². The highest BCUT2D eigenvalue weighted by Gasteiger charge is 2.19. The molecule has 3 heterocycles. The van der Waals surface area contributed by atoms with Gasteiger partial charge in [0.25, 0.3) is 0 Å². The van der Waals surface area contributed by atoms with E-state index in [-0.39, 0.29) is 6.54 Å². The highest BCUT2D eigenvalue weighted by Crippen LogP contribution is 2.25. The molecule has 0 spiro atoms. The van der Waals surface area contributed by atoms with Gasteiger partial charge in [-0.25, -0.2) is 8.96 Å². The van der Waals surface area contributed by atoms with Gasteiger partial charge in [0, 0.05) is 40.7 Å². The average molecular weight is 387 g/mol. The van der Waals surface area contributed by atoms with Gasteiger partial charge in [-0.3, -0.25) is 10.1 Å². The van der Waals surface area contributed by atoms with E-state index in [4.69, 9.17) is 17.0 Å². The third-order valence-electron chi connectivity index (χ3n) is 5.12. The molecule has 5 nitrogen and oxygen atoms in total. The molecule has 1 fully saturated rings. The van der Waals surface area contributed by atoms with E-state index in [1.807, 2.05) is 35.0 Å². The van der Waals surface area contributed by atoms with Gasteiger partial charge in [0.1, 0.15) is 24.2 Å². The molecule has 7 heteroatoms. The maximum absolute atomic E-state index is 14.9. The third-order valence-corrected chi connectivity index (χ3v) is 5.46. The summed E-state index contributed by atoms with van der Waals surface area (Å²) in [6, 6.07) is 5.09. The Morgan fingerprint density at radius 1 is 1.30 bits per heavy atom. The minimum atomic E-state index is -0.400. The Morgan fingerprint density at radius 3 is 2.81 bits per heavy atom. The van der Waals surface area contributed by atoms with Gasteiger partial charge in [0.2, 0.25) is 0 Å². The number of fused-ring (bicyclic) bond motifs is 1. The molecule has 3 aromatic rings. The number of amidine groups is 1. The Balaban J connectivity index is 1.63. The van der Waals surface area contributed by atoms with Crippen LogP contribution in [0.4, 0.5) is 4.39 Å². The Bertz CT molecular complexity index is 984. The lowest BCUT2D eigenvalue weighted by atomic mass is 10.1. The number of hydrogen-bond donors (Lipinski definition) is 1. The molecule has 2 aromatic heterocycles. The zero-order chi connectivity index (χ0) is 19.0. The number of benzene rings is 1. The van der Waals surface area contributed by atoms with Crippen molar-refractivity contribution in [1.82, 2.24) is 14.7 Å². The van der Waals surface area contributed by atoms with E-state index in [1.165, 1.54) is 12.5 Å². The molecule has 0 atom stereocenters. The van der Waals surface area contributed by atoms with E-state index in [1.54, 1.807) is 16.9 Å². The summed E-state index contributed by atoms with van der Waals surface area (Å²) in [6.45, 7) is 1.93. The zero-order valence-electron chi connectivity index (χ0n) is 15.3. The monoisotopic (exact) mass is 386 g/mol. The summed E-state index contributed by atoms with van der Waals surface area (Å²) < 4.78 is 18.5. The van der Waals surface area contributed by atoms with Crippen LogP contribution in [0.1, 0.15) is 30.4 Å². The quantitative estimate of drug-likeness (QED) is 0.425. The fraction of sp³-hybridized carbons (Fsp3) is 0.350. The first-order valence-electron chi connectivity index (χ1n) is 9.15. The number of hydrogen-bond acceptors (Lipinski definition) is 2. The fourth-order valence-electron chi connectivity index (χ4n) is 3.58. The summed E-state index contributed by atoms with van der Waals surface area (Å²) in [6.07, 6.45) is 8.99. The minimum absolute atomic E-state index is 0.246. The van der Waals surface area contributed by atoms with Crippen LogP contribution >= 0.6 is 11.6 Å². The maximum atomic E-state index is 14.9. The van der Waals surface area contributed by atoms with Crippen LogP contribution in [0.3, 0.4) is 0 Å². The Hall–Kier alpha value is -2.47. The number of nitrogens with one attached hydrogen (secondary N) is 1. The van der Waals surface area contributed by atoms with Gasteiger partial charge in [-0.1, -0.05) is 11.6 Å². The minimum Gasteiger partial charge on any atom is -0.357 e. The number of aromatic nitrogens is 3. The second-order valence-electron chi connectivity index (χ2n) is 7.07. The lowest BCUT2D eigenvalue weighted by molar-refractivity contribution is -0.670. The van der Waals surface area contributed by atoms with E-state index in [2.05, 4.69) is 5.10 Å². The van der Waals surface area contributed by atoms with Crippen LogP contribution in [-0.2, 0) is 13.6 Å². The average Bonchev–Trinajstić information content (AvgIpc) is 3.06. The lowest BCUT2D eigenvalue weighted by Gasteiger charge is -2.29. The van der Waals surface area contributed by atoms with Crippen LogP contribution in [0.5, 0.6) is 0 Å². The molecular formula is C20H22ClFN5+. The highest BCUT2D eigenvalue weighted by atomic mass is 35.5. The topological polar surface area (TPSA) is 48.8 Å². The molecule has 0 amide bonds. The summed E-state index contributed by atoms with van der Waals surface area (Å²) in [7, 11) is 1.94. The molecule has 4 rings (SSSR count). The van der Waals surface area contributed by atoms with Gasteiger partial charge >= 0.3 is 0 Å². The van der Waals surface area contributed by atoms with Crippen LogP contribution < -0.4 is 4.57 Å². The number of pyridine rings is 1. The Labute approximate surface area is 162 Å². The van der Waals surface area contributed by atoms with Gasteiger partial charge in [-0.15, -0.1) is 0 Å². The fourth-order valence-corrected chi connectivity index (χ4v) is 3.85. The maximum Gasteiger partial charge on any atom is 0.194 e. The first kappa shape index (κ1) is 17.9. The van der Waals surface area contributed by atoms with Crippen LogP contribution in [0, 0.1) is 11.2 Å². The normalized spacial score (nSPS) is 14.7. The molecule has 1 aliphatic rings. The lowest BCUT2D eigenvalue weighted by Crippen LogP contribution is -2.35. The molecule has 0 bridgehead atoms. The van der Waals surface area contributed by atoms with E-state index in [9.17, 15) is 4.39 Å². The molecule has 0 radical (unpaired) electrons. The summed E-state index contributed by atoms with van der Waals surface area (Å²) in [4.78, 5) is 2.00. The predicted octanol–water partition coefficient (Wildman–Crippen LogP) is 3.51. The first-order chi connectivity index (χ1) is 13.0. The largest absolute Gasteiger partial charge is 0.357 e. The molecule has 1 saturated heterocycles. The van der Waals surface area contributed by atoms with Crippen LogP contribution in [0.2, 0.25) is 5.02 Å². The molecule has 1 N–H and O–H groups in total. The van der Waals surface area contributed by atoms with Gasteiger partial charge in [-0.05, 0) is 31.4 Å². The highest BCUT2D eigenvalue weighted by molar-refractivity contribution is 6.31. The molecule has 140 valence electrons. The van der Waals surface area contributed by atoms with E-state index in [0.29, 0.717) is 22.0 Å². The van der Waals surface area contributed by atoms with Crippen LogP contribution in [0.25, 0.3) is 10.9 Å². The Morgan fingerprint density at radius 2 is 2.07 bits per heavy atom. The van der Waals surface area contributed by atoms with Crippen molar-refractivity contribution >= 4 is 28.3 Å². The Kier molecular flexibility index (Phi) is 4.83. The number of aryl methyl sites for hydroxylation is 1. The SMILES string of the molecule is C[n+]1ccc2cnn(Cc3c(F)cc(C(=N)N4CCCCC4)cc3Cl)c2c1. The van der Waals surface area contributed by atoms with Gasteiger partial charge in [-0.2, -0.15) is 5.10 Å². The molecular weight excluding hydrogens is 365 g/mol. The van der Waals surface area contributed by atoms with E-state index < -0.39 is 5.82 Å². The van der Waals surface area contributed by atoms with Crippen molar-refractivity contribution in [1.29, 1.82) is 5.41 Å². The molecule has 0 aliphatic carbocycles. The number of rotatable bonds is 3. The second-order valence-corrected chi connectivity index (χ2v) is 7.48. The standard InChI is InChI=1S/C20H22ClFN5/c1-25-8-5-14-11-24-27(19(14)13-25)12-16-17(21)9-15(10-18(16)22)20(23)26-6-3-2-4-7-26/h5,8-11,13,23H,2-4,6-7,12H2,1H3/q+1. The molecule has 1 aromatic carbocycles. The molecule has 27 heavy (non-hydrogen) atoms. The molecule has 0 unspecified atom stereocenters. The number of nitrogens with zero attached hydrogens (tertiary/aromatic N) is 4. The van der Waals surface area contributed by atoms with Crippen molar-refractivity contribution in [3.8, 4) is 0 Å². The third kappa shape index (κ3) is 3.54. The molecule has 0 saturated carbocycles. The second kappa shape index (κ2) is 7.27. The van der Waals surface area contributed by atoms with Crippen LogP contribution in [0.15, 0.2) is 36.8 Å². The predicted molar refractivity (Wildman–Crippen MR) is 104 cm³/mol. The zero-order valence-corrected chi connectivity index (χ0v) is 16.0. The first-order valence-corrected chi connectivity index (χ1v) is 9.53. The van der Waals surface area contributed by atoms with Gasteiger partial charge in [0.05, 0.1) is 12.7 Å². The summed E-state index contributed by atoms with van der Waals surface area (Å²) in [5.41, 5.74) is 1.84.